The van der Waals surface area contributed by atoms with Crippen molar-refractivity contribution >= 4 is 5.91 Å². The topological polar surface area (TPSA) is 53.2 Å². The Hall–Kier alpha value is -3.14. The number of benzene rings is 2. The lowest BCUT2D eigenvalue weighted by molar-refractivity contribution is 0.0693. The number of pyridine rings is 1. The largest absolute Gasteiger partial charge is 0.328 e. The first-order valence-corrected chi connectivity index (χ1v) is 8.78. The van der Waals surface area contributed by atoms with Crippen molar-refractivity contribution in [2.75, 3.05) is 6.54 Å². The van der Waals surface area contributed by atoms with Crippen LogP contribution in [0.4, 0.5) is 0 Å². The SMILES string of the molecule is Cc1ccccc1C1c2ccccc2CCN1C(=O)c1ccc(=O)[nH]c1. The molecule has 0 spiro atoms. The number of H-pyrrole nitrogens is 1. The zero-order chi connectivity index (χ0) is 18.1. The lowest BCUT2D eigenvalue weighted by Gasteiger charge is -2.38. The van der Waals surface area contributed by atoms with Crippen LogP contribution in [-0.2, 0) is 6.42 Å². The van der Waals surface area contributed by atoms with Crippen LogP contribution in [0.5, 0.6) is 0 Å². The number of nitrogens with one attached hydrogen (secondary N) is 1. The smallest absolute Gasteiger partial charge is 0.256 e. The van der Waals surface area contributed by atoms with Gasteiger partial charge in [0.05, 0.1) is 11.6 Å². The van der Waals surface area contributed by atoms with Crippen molar-refractivity contribution in [3.63, 3.8) is 0 Å². The fraction of sp³-hybridized carbons (Fsp3) is 0.182. The number of hydrogen-bond acceptors (Lipinski definition) is 2. The zero-order valence-corrected chi connectivity index (χ0v) is 14.6. The number of hydrogen-bond donors (Lipinski definition) is 1. The highest BCUT2D eigenvalue weighted by Gasteiger charge is 2.33. The van der Waals surface area contributed by atoms with E-state index >= 15 is 0 Å². The Morgan fingerprint density at radius 3 is 2.46 bits per heavy atom. The minimum atomic E-state index is -0.207. The van der Waals surface area contributed by atoms with Crippen molar-refractivity contribution in [2.24, 2.45) is 0 Å². The molecule has 4 rings (SSSR count). The highest BCUT2D eigenvalue weighted by molar-refractivity contribution is 5.94. The van der Waals surface area contributed by atoms with Crippen molar-refractivity contribution in [2.45, 2.75) is 19.4 Å². The molecule has 3 aromatic rings. The van der Waals surface area contributed by atoms with Gasteiger partial charge in [-0.15, -0.1) is 0 Å². The summed E-state index contributed by atoms with van der Waals surface area (Å²) in [6, 6.07) is 19.4. The first-order valence-electron chi connectivity index (χ1n) is 8.78. The molecule has 26 heavy (non-hydrogen) atoms. The third-order valence-corrected chi connectivity index (χ3v) is 5.06. The molecule has 4 heteroatoms. The predicted octanol–water partition coefficient (Wildman–Crippen LogP) is 3.47. The van der Waals surface area contributed by atoms with Crippen LogP contribution in [0.3, 0.4) is 0 Å². The number of rotatable bonds is 2. The van der Waals surface area contributed by atoms with E-state index in [-0.39, 0.29) is 17.5 Å². The highest BCUT2D eigenvalue weighted by atomic mass is 16.2. The molecule has 0 bridgehead atoms. The quantitative estimate of drug-likeness (QED) is 0.774. The normalized spacial score (nSPS) is 16.2. The molecule has 2 aromatic carbocycles. The summed E-state index contributed by atoms with van der Waals surface area (Å²) in [5.74, 6) is -0.0657. The minimum Gasteiger partial charge on any atom is -0.328 e. The molecule has 1 aliphatic rings. The van der Waals surface area contributed by atoms with Crippen molar-refractivity contribution in [3.05, 3.63) is 105 Å². The van der Waals surface area contributed by atoms with Gasteiger partial charge in [-0.05, 0) is 41.7 Å². The fourth-order valence-electron chi connectivity index (χ4n) is 3.72. The van der Waals surface area contributed by atoms with Crippen molar-refractivity contribution < 1.29 is 4.79 Å². The Balaban J connectivity index is 1.83. The van der Waals surface area contributed by atoms with E-state index in [4.69, 9.17) is 0 Å². The molecule has 0 aliphatic carbocycles. The number of carbonyl (C=O) groups excluding carboxylic acids is 1. The maximum Gasteiger partial charge on any atom is 0.256 e. The Morgan fingerprint density at radius 1 is 1.00 bits per heavy atom. The summed E-state index contributed by atoms with van der Waals surface area (Å²) in [5.41, 5.74) is 5.05. The molecule has 0 saturated carbocycles. The Bertz CT molecular complexity index is 1000. The molecule has 4 nitrogen and oxygen atoms in total. The maximum atomic E-state index is 13.2. The fourth-order valence-corrected chi connectivity index (χ4v) is 3.72. The molecular weight excluding hydrogens is 324 g/mol. The van der Waals surface area contributed by atoms with Gasteiger partial charge in [0.25, 0.3) is 5.91 Å². The minimum absolute atomic E-state index is 0.0657. The van der Waals surface area contributed by atoms with Crippen LogP contribution in [0.25, 0.3) is 0 Å². The number of amides is 1. The van der Waals surface area contributed by atoms with Crippen LogP contribution in [0.1, 0.15) is 38.7 Å². The molecule has 0 saturated heterocycles. The molecular formula is C22H20N2O2. The third-order valence-electron chi connectivity index (χ3n) is 5.06. The van der Waals surface area contributed by atoms with Gasteiger partial charge in [-0.2, -0.15) is 0 Å². The number of aromatic amines is 1. The zero-order valence-electron chi connectivity index (χ0n) is 14.6. The molecule has 1 atom stereocenters. The van der Waals surface area contributed by atoms with E-state index in [2.05, 4.69) is 36.2 Å². The number of fused-ring (bicyclic) bond motifs is 1. The summed E-state index contributed by atoms with van der Waals surface area (Å²) in [6.07, 6.45) is 2.33. The van der Waals surface area contributed by atoms with Gasteiger partial charge in [0.15, 0.2) is 0 Å². The summed E-state index contributed by atoms with van der Waals surface area (Å²) >= 11 is 0. The van der Waals surface area contributed by atoms with Gasteiger partial charge in [-0.1, -0.05) is 48.5 Å². The van der Waals surface area contributed by atoms with E-state index < -0.39 is 0 Å². The van der Waals surface area contributed by atoms with E-state index in [1.165, 1.54) is 23.4 Å². The standard InChI is InChI=1S/C22H20N2O2/c1-15-6-2-4-8-18(15)21-19-9-5-3-7-16(19)12-13-24(21)22(26)17-10-11-20(25)23-14-17/h2-11,14,21H,12-13H2,1H3,(H,23,25). The summed E-state index contributed by atoms with van der Waals surface area (Å²) < 4.78 is 0. The van der Waals surface area contributed by atoms with Crippen LogP contribution >= 0.6 is 0 Å². The lowest BCUT2D eigenvalue weighted by Crippen LogP contribution is -2.41. The molecule has 0 radical (unpaired) electrons. The monoisotopic (exact) mass is 344 g/mol. The molecule has 0 fully saturated rings. The first kappa shape index (κ1) is 16.3. The van der Waals surface area contributed by atoms with Crippen molar-refractivity contribution in [1.29, 1.82) is 0 Å². The van der Waals surface area contributed by atoms with Crippen LogP contribution in [0.2, 0.25) is 0 Å². The van der Waals surface area contributed by atoms with E-state index in [0.29, 0.717) is 12.1 Å². The number of aromatic nitrogens is 1. The lowest BCUT2D eigenvalue weighted by atomic mass is 9.86. The van der Waals surface area contributed by atoms with E-state index in [1.807, 2.05) is 29.2 Å². The van der Waals surface area contributed by atoms with Gasteiger partial charge in [-0.25, -0.2) is 0 Å². The molecule has 1 aliphatic heterocycles. The average molecular weight is 344 g/mol. The summed E-state index contributed by atoms with van der Waals surface area (Å²) in [6.45, 7) is 2.73. The summed E-state index contributed by atoms with van der Waals surface area (Å²) in [5, 5.41) is 0. The van der Waals surface area contributed by atoms with Gasteiger partial charge in [0, 0.05) is 18.8 Å². The van der Waals surface area contributed by atoms with E-state index in [9.17, 15) is 9.59 Å². The van der Waals surface area contributed by atoms with Gasteiger partial charge >= 0.3 is 0 Å². The summed E-state index contributed by atoms with van der Waals surface area (Å²) in [4.78, 5) is 29.1. The number of carbonyl (C=O) groups is 1. The second kappa shape index (κ2) is 6.64. The predicted molar refractivity (Wildman–Crippen MR) is 101 cm³/mol. The molecule has 1 unspecified atom stereocenters. The molecule has 2 heterocycles. The highest BCUT2D eigenvalue weighted by Crippen LogP contribution is 2.37. The van der Waals surface area contributed by atoms with Gasteiger partial charge in [-0.3, -0.25) is 9.59 Å². The van der Waals surface area contributed by atoms with Crippen LogP contribution in [0, 0.1) is 6.92 Å². The third kappa shape index (κ3) is 2.84. The summed E-state index contributed by atoms with van der Waals surface area (Å²) in [7, 11) is 0. The van der Waals surface area contributed by atoms with Gasteiger partial charge < -0.3 is 9.88 Å². The van der Waals surface area contributed by atoms with Crippen molar-refractivity contribution in [3.8, 4) is 0 Å². The van der Waals surface area contributed by atoms with Gasteiger partial charge in [0.2, 0.25) is 5.56 Å². The Morgan fingerprint density at radius 2 is 1.73 bits per heavy atom. The molecule has 1 amide bonds. The average Bonchev–Trinajstić information content (AvgIpc) is 2.68. The van der Waals surface area contributed by atoms with Crippen LogP contribution < -0.4 is 5.56 Å². The number of aryl methyl sites for hydroxylation is 1. The molecule has 130 valence electrons. The second-order valence-corrected chi connectivity index (χ2v) is 6.65. The van der Waals surface area contributed by atoms with Gasteiger partial charge in [0.1, 0.15) is 0 Å². The maximum absolute atomic E-state index is 13.2. The Labute approximate surface area is 152 Å². The van der Waals surface area contributed by atoms with E-state index in [0.717, 1.165) is 17.5 Å². The van der Waals surface area contributed by atoms with Crippen molar-refractivity contribution in [1.82, 2.24) is 9.88 Å². The number of nitrogens with zero attached hydrogens (tertiary/aromatic N) is 1. The first-order chi connectivity index (χ1) is 12.6. The molecule has 1 N–H and O–H groups in total. The van der Waals surface area contributed by atoms with E-state index in [1.54, 1.807) is 6.07 Å². The van der Waals surface area contributed by atoms with Crippen LogP contribution in [-0.4, -0.2) is 22.3 Å². The Kier molecular flexibility index (Phi) is 4.17. The van der Waals surface area contributed by atoms with Crippen LogP contribution in [0.15, 0.2) is 71.7 Å². The second-order valence-electron chi connectivity index (χ2n) is 6.65. The molecule has 1 aromatic heterocycles.